The Balaban J connectivity index is 2.00. The molecule has 0 saturated heterocycles. The summed E-state index contributed by atoms with van der Waals surface area (Å²) in [6.07, 6.45) is 6.36. The summed E-state index contributed by atoms with van der Waals surface area (Å²) in [5.74, 6) is 1.81. The zero-order chi connectivity index (χ0) is 16.7. The summed E-state index contributed by atoms with van der Waals surface area (Å²) in [5, 5.41) is 3.30. The summed E-state index contributed by atoms with van der Waals surface area (Å²) in [5.41, 5.74) is 1.21. The Morgan fingerprint density at radius 2 is 2.39 bits per heavy atom. The lowest BCUT2D eigenvalue weighted by atomic mass is 10.3. The van der Waals surface area contributed by atoms with Gasteiger partial charge in [-0.15, -0.1) is 6.58 Å². The molecule has 1 N–H and O–H groups in total. The molecule has 0 bridgehead atoms. The summed E-state index contributed by atoms with van der Waals surface area (Å²) < 4.78 is 8.53. The van der Waals surface area contributed by atoms with Gasteiger partial charge in [0.05, 0.1) is 12.8 Å². The molecule has 0 aliphatic rings. The Morgan fingerprint density at radius 3 is 3.00 bits per heavy atom. The van der Waals surface area contributed by atoms with E-state index in [1.807, 2.05) is 38.5 Å². The topological polar surface area (TPSA) is 45.7 Å². The molecule has 0 saturated carbocycles. The molecule has 23 heavy (non-hydrogen) atoms. The average molecular weight is 379 g/mol. The minimum absolute atomic E-state index is 0.675. The highest BCUT2D eigenvalue weighted by Crippen LogP contribution is 2.15. The van der Waals surface area contributed by atoms with E-state index in [9.17, 15) is 0 Å². The second-order valence-electron chi connectivity index (χ2n) is 5.32. The van der Waals surface area contributed by atoms with Gasteiger partial charge in [0.1, 0.15) is 5.76 Å². The number of halogens is 1. The van der Waals surface area contributed by atoms with E-state index >= 15 is 0 Å². The smallest absolute Gasteiger partial charge is 0.194 e. The molecule has 0 aliphatic heterocycles. The highest BCUT2D eigenvalue weighted by molar-refractivity contribution is 9.10. The van der Waals surface area contributed by atoms with Crippen LogP contribution in [0.5, 0.6) is 0 Å². The number of aromatic nitrogens is 1. The molecule has 2 rings (SSSR count). The number of nitrogens with zero attached hydrogens (tertiary/aromatic N) is 3. The number of aliphatic imine (C=N–C) groups is 1. The molecule has 6 heteroatoms. The first-order valence-corrected chi connectivity index (χ1v) is 8.33. The average Bonchev–Trinajstić information content (AvgIpc) is 3.12. The lowest BCUT2D eigenvalue weighted by Gasteiger charge is -2.22. The summed E-state index contributed by atoms with van der Waals surface area (Å²) in [6.45, 7) is 5.88. The fourth-order valence-electron chi connectivity index (χ4n) is 2.24. The minimum atomic E-state index is 0.675. The molecule has 0 amide bonds. The molecule has 0 aliphatic carbocycles. The van der Waals surface area contributed by atoms with Crippen LogP contribution in [0.15, 0.2) is 57.2 Å². The normalized spacial score (nSPS) is 11.5. The Labute approximate surface area is 145 Å². The van der Waals surface area contributed by atoms with Crippen molar-refractivity contribution in [3.63, 3.8) is 0 Å². The molecule has 0 spiro atoms. The molecule has 0 aromatic carbocycles. The van der Waals surface area contributed by atoms with E-state index < -0.39 is 0 Å². The second kappa shape index (κ2) is 8.62. The standard InChI is InChI=1S/C17H23BrN4O/c1-4-8-19-17(20-9-7-16-6-5-10-23-16)22(3)13-15-11-14(18)12-21(15)2/h4-6,10-12H,1,7-9,13H2,2-3H3,(H,19,20). The van der Waals surface area contributed by atoms with Crippen LogP contribution in [0, 0.1) is 0 Å². The van der Waals surface area contributed by atoms with Crippen molar-refractivity contribution in [2.24, 2.45) is 12.0 Å². The molecule has 0 fully saturated rings. The first kappa shape index (κ1) is 17.4. The van der Waals surface area contributed by atoms with Crippen molar-refractivity contribution in [1.29, 1.82) is 0 Å². The van der Waals surface area contributed by atoms with E-state index in [1.54, 1.807) is 6.26 Å². The van der Waals surface area contributed by atoms with Crippen molar-refractivity contribution in [2.75, 3.05) is 20.1 Å². The maximum atomic E-state index is 5.34. The van der Waals surface area contributed by atoms with Crippen LogP contribution in [-0.2, 0) is 20.0 Å². The maximum Gasteiger partial charge on any atom is 0.194 e. The summed E-state index contributed by atoms with van der Waals surface area (Å²) in [6, 6.07) is 5.98. The van der Waals surface area contributed by atoms with Gasteiger partial charge in [-0.2, -0.15) is 0 Å². The van der Waals surface area contributed by atoms with Gasteiger partial charge in [0.25, 0.3) is 0 Å². The fraction of sp³-hybridized carbons (Fsp3) is 0.353. The van der Waals surface area contributed by atoms with Crippen molar-refractivity contribution in [3.05, 3.63) is 59.2 Å². The third-order valence-corrected chi connectivity index (χ3v) is 3.87. The van der Waals surface area contributed by atoms with Gasteiger partial charge >= 0.3 is 0 Å². The van der Waals surface area contributed by atoms with Gasteiger partial charge in [0.2, 0.25) is 0 Å². The molecule has 5 nitrogen and oxygen atoms in total. The largest absolute Gasteiger partial charge is 0.469 e. The highest BCUT2D eigenvalue weighted by atomic mass is 79.9. The highest BCUT2D eigenvalue weighted by Gasteiger charge is 2.09. The van der Waals surface area contributed by atoms with Crippen LogP contribution in [-0.4, -0.2) is 35.6 Å². The van der Waals surface area contributed by atoms with Gasteiger partial charge in [0.15, 0.2) is 5.96 Å². The molecular weight excluding hydrogens is 356 g/mol. The Morgan fingerprint density at radius 1 is 1.57 bits per heavy atom. The third-order valence-electron chi connectivity index (χ3n) is 3.44. The monoisotopic (exact) mass is 378 g/mol. The molecular formula is C17H23BrN4O. The number of hydrogen-bond donors (Lipinski definition) is 1. The molecule has 124 valence electrons. The maximum absolute atomic E-state index is 5.34. The number of furan rings is 1. The SMILES string of the molecule is C=CCNC(=NCCc1ccco1)N(C)Cc1cc(Br)cn1C. The van der Waals surface area contributed by atoms with Crippen molar-refractivity contribution in [2.45, 2.75) is 13.0 Å². The minimum Gasteiger partial charge on any atom is -0.469 e. The van der Waals surface area contributed by atoms with Gasteiger partial charge in [-0.05, 0) is 34.1 Å². The van der Waals surface area contributed by atoms with E-state index in [0.717, 1.165) is 29.2 Å². The van der Waals surface area contributed by atoms with Gasteiger partial charge in [-0.25, -0.2) is 0 Å². The van der Waals surface area contributed by atoms with E-state index in [0.29, 0.717) is 13.1 Å². The summed E-state index contributed by atoms with van der Waals surface area (Å²) in [4.78, 5) is 6.78. The van der Waals surface area contributed by atoms with Crippen LogP contribution in [0.2, 0.25) is 0 Å². The first-order chi connectivity index (χ1) is 11.1. The molecule has 2 aromatic heterocycles. The number of aryl methyl sites for hydroxylation is 1. The first-order valence-electron chi connectivity index (χ1n) is 7.53. The molecule has 0 unspecified atom stereocenters. The Kier molecular flexibility index (Phi) is 6.52. The van der Waals surface area contributed by atoms with Crippen LogP contribution in [0.3, 0.4) is 0 Å². The quantitative estimate of drug-likeness (QED) is 0.457. The van der Waals surface area contributed by atoms with Gasteiger partial charge in [-0.1, -0.05) is 6.08 Å². The lowest BCUT2D eigenvalue weighted by molar-refractivity contribution is 0.461. The van der Waals surface area contributed by atoms with Crippen molar-refractivity contribution < 1.29 is 4.42 Å². The third kappa shape index (κ3) is 5.32. The van der Waals surface area contributed by atoms with Crippen molar-refractivity contribution in [3.8, 4) is 0 Å². The van der Waals surface area contributed by atoms with Crippen LogP contribution < -0.4 is 5.32 Å². The van der Waals surface area contributed by atoms with Crippen LogP contribution in [0.1, 0.15) is 11.5 Å². The number of nitrogens with one attached hydrogen (secondary N) is 1. The van der Waals surface area contributed by atoms with Crippen LogP contribution in [0.4, 0.5) is 0 Å². The zero-order valence-electron chi connectivity index (χ0n) is 13.6. The van der Waals surface area contributed by atoms with Crippen LogP contribution >= 0.6 is 15.9 Å². The van der Waals surface area contributed by atoms with Crippen LogP contribution in [0.25, 0.3) is 0 Å². The second-order valence-corrected chi connectivity index (χ2v) is 6.24. The Hall–Kier alpha value is -1.95. The van der Waals surface area contributed by atoms with Crippen molar-refractivity contribution >= 4 is 21.9 Å². The summed E-state index contributed by atoms with van der Waals surface area (Å²) in [7, 11) is 4.07. The van der Waals surface area contributed by atoms with E-state index in [4.69, 9.17) is 4.42 Å². The molecule has 2 heterocycles. The molecule has 2 aromatic rings. The predicted molar refractivity (Wildman–Crippen MR) is 97.5 cm³/mol. The Bertz CT molecular complexity index is 646. The van der Waals surface area contributed by atoms with Crippen molar-refractivity contribution in [1.82, 2.24) is 14.8 Å². The number of hydrogen-bond acceptors (Lipinski definition) is 2. The number of guanidine groups is 1. The van der Waals surface area contributed by atoms with E-state index in [1.165, 1.54) is 5.69 Å². The molecule has 0 radical (unpaired) electrons. The predicted octanol–water partition coefficient (Wildman–Crippen LogP) is 3.19. The zero-order valence-corrected chi connectivity index (χ0v) is 15.2. The molecule has 0 atom stereocenters. The van der Waals surface area contributed by atoms with Gasteiger partial charge < -0.3 is 19.2 Å². The van der Waals surface area contributed by atoms with Gasteiger partial charge in [-0.3, -0.25) is 4.99 Å². The fourth-order valence-corrected chi connectivity index (χ4v) is 2.81. The van der Waals surface area contributed by atoms with Gasteiger partial charge in [0, 0.05) is 50.0 Å². The lowest BCUT2D eigenvalue weighted by Crippen LogP contribution is -2.39. The van der Waals surface area contributed by atoms with E-state index in [2.05, 4.69) is 48.4 Å². The number of rotatable bonds is 7. The van der Waals surface area contributed by atoms with E-state index in [-0.39, 0.29) is 0 Å². The summed E-state index contributed by atoms with van der Waals surface area (Å²) >= 11 is 3.51.